The van der Waals surface area contributed by atoms with Crippen LogP contribution < -0.4 is 11.5 Å². The van der Waals surface area contributed by atoms with E-state index >= 15 is 0 Å². The van der Waals surface area contributed by atoms with Gasteiger partial charge in [-0.3, -0.25) is 13.7 Å². The van der Waals surface area contributed by atoms with Crippen molar-refractivity contribution in [2.45, 2.75) is 14.7 Å². The molecule has 0 aliphatic rings. The number of hydrogen-bond donors (Lipinski definition) is 5. The van der Waals surface area contributed by atoms with E-state index in [1.165, 1.54) is 0 Å². The van der Waals surface area contributed by atoms with Crippen LogP contribution >= 0.6 is 0 Å². The second-order valence-corrected chi connectivity index (χ2v) is 8.85. The summed E-state index contributed by atoms with van der Waals surface area (Å²) in [7, 11) is -14.8. The fourth-order valence-corrected chi connectivity index (χ4v) is 4.11. The number of fused-ring (bicyclic) bond motifs is 1. The van der Waals surface area contributed by atoms with Gasteiger partial charge in [-0.25, -0.2) is 0 Å². The summed E-state index contributed by atoms with van der Waals surface area (Å²) in [5.74, 6) is 0. The van der Waals surface area contributed by atoms with Crippen molar-refractivity contribution in [1.29, 1.82) is 0 Å². The van der Waals surface area contributed by atoms with Crippen molar-refractivity contribution in [1.82, 2.24) is 0 Å². The molecule has 0 radical (unpaired) electrons. The summed E-state index contributed by atoms with van der Waals surface area (Å²) in [4.78, 5) is -2.87. The molecule has 0 amide bonds. The average Bonchev–Trinajstić information content (AvgIpc) is 2.38. The van der Waals surface area contributed by atoms with Gasteiger partial charge < -0.3 is 11.5 Å². The summed E-state index contributed by atoms with van der Waals surface area (Å²) in [5.41, 5.74) is 9.72. The van der Waals surface area contributed by atoms with E-state index in [0.29, 0.717) is 18.2 Å². The summed E-state index contributed by atoms with van der Waals surface area (Å²) < 4.78 is 95.5. The van der Waals surface area contributed by atoms with Crippen molar-refractivity contribution >= 4 is 52.5 Å². The van der Waals surface area contributed by atoms with E-state index in [0.717, 1.165) is 0 Å². The predicted octanol–water partition coefficient (Wildman–Crippen LogP) is -0.256. The normalized spacial score (nSPS) is 13.3. The lowest BCUT2D eigenvalue weighted by Crippen LogP contribution is -2.10. The maximum atomic E-state index is 11.5. The van der Waals surface area contributed by atoms with Gasteiger partial charge in [-0.15, -0.1) is 0 Å². The summed E-state index contributed by atoms with van der Waals surface area (Å²) in [6, 6.07) is 1.78. The standard InChI is InChI=1S/C10H10N2O9S3/c11-9-7(24(19,20)21)2-4-1-5(22(13,14)15)3-6(23(16,17)18)8(4)10(9)12/h1-3H,11-12H2,(H,13,14,15)(H,16,17,18)(H,19,20,21). The van der Waals surface area contributed by atoms with Crippen molar-refractivity contribution in [3.63, 3.8) is 0 Å². The Bertz CT molecular complexity index is 1180. The molecule has 0 aromatic heterocycles. The molecule has 0 atom stereocenters. The monoisotopic (exact) mass is 398 g/mol. The Morgan fingerprint density at radius 2 is 1.17 bits per heavy atom. The first-order chi connectivity index (χ1) is 10.6. The van der Waals surface area contributed by atoms with Gasteiger partial charge in [0, 0.05) is 5.39 Å². The molecule has 0 aliphatic heterocycles. The molecule has 0 saturated carbocycles. The minimum atomic E-state index is -5.02. The van der Waals surface area contributed by atoms with Crippen LogP contribution in [0.3, 0.4) is 0 Å². The van der Waals surface area contributed by atoms with Crippen LogP contribution in [0.2, 0.25) is 0 Å². The fraction of sp³-hybridized carbons (Fsp3) is 0. The van der Waals surface area contributed by atoms with Gasteiger partial charge in [0.25, 0.3) is 30.4 Å². The van der Waals surface area contributed by atoms with Crippen LogP contribution in [0.5, 0.6) is 0 Å². The molecule has 2 rings (SSSR count). The van der Waals surface area contributed by atoms with Gasteiger partial charge in [0.2, 0.25) is 0 Å². The van der Waals surface area contributed by atoms with Crippen LogP contribution in [0.4, 0.5) is 11.4 Å². The van der Waals surface area contributed by atoms with Crippen molar-refractivity contribution in [3.8, 4) is 0 Å². The van der Waals surface area contributed by atoms with Crippen molar-refractivity contribution in [2.75, 3.05) is 11.5 Å². The van der Waals surface area contributed by atoms with E-state index < -0.39 is 67.2 Å². The molecule has 0 fully saturated rings. The zero-order chi connectivity index (χ0) is 18.7. The first-order valence-electron chi connectivity index (χ1n) is 5.72. The molecule has 0 spiro atoms. The summed E-state index contributed by atoms with van der Waals surface area (Å²) in [5, 5.41) is -0.896. The Hall–Kier alpha value is -1.97. The summed E-state index contributed by atoms with van der Waals surface area (Å²) in [6.45, 7) is 0. The topological polar surface area (TPSA) is 215 Å². The molecular weight excluding hydrogens is 388 g/mol. The number of benzene rings is 2. The Balaban J connectivity index is 3.21. The first kappa shape index (κ1) is 18.4. The van der Waals surface area contributed by atoms with Gasteiger partial charge in [0.05, 0.1) is 16.3 Å². The van der Waals surface area contributed by atoms with Gasteiger partial charge in [0.1, 0.15) is 9.79 Å². The van der Waals surface area contributed by atoms with E-state index in [-0.39, 0.29) is 0 Å². The molecule has 132 valence electrons. The molecule has 11 nitrogen and oxygen atoms in total. The minimum Gasteiger partial charge on any atom is -0.396 e. The molecule has 0 saturated heterocycles. The molecule has 0 aliphatic carbocycles. The van der Waals surface area contributed by atoms with Gasteiger partial charge in [-0.2, -0.15) is 25.3 Å². The highest BCUT2D eigenvalue weighted by atomic mass is 32.2. The van der Waals surface area contributed by atoms with Gasteiger partial charge in [-0.05, 0) is 23.6 Å². The zero-order valence-electron chi connectivity index (χ0n) is 11.4. The number of rotatable bonds is 3. The van der Waals surface area contributed by atoms with E-state index in [1.807, 2.05) is 0 Å². The van der Waals surface area contributed by atoms with Gasteiger partial charge in [0.15, 0.2) is 0 Å². The van der Waals surface area contributed by atoms with Crippen LogP contribution in [0.25, 0.3) is 10.8 Å². The molecule has 14 heteroatoms. The highest BCUT2D eigenvalue weighted by Crippen LogP contribution is 2.38. The Kier molecular flexibility index (Phi) is 4.03. The summed E-state index contributed by atoms with van der Waals surface area (Å²) in [6.07, 6.45) is 0. The van der Waals surface area contributed by atoms with Crippen LogP contribution in [-0.2, 0) is 30.4 Å². The Morgan fingerprint density at radius 1 is 0.667 bits per heavy atom. The van der Waals surface area contributed by atoms with Crippen molar-refractivity contribution in [2.24, 2.45) is 0 Å². The van der Waals surface area contributed by atoms with Gasteiger partial charge in [-0.1, -0.05) is 0 Å². The summed E-state index contributed by atoms with van der Waals surface area (Å²) >= 11 is 0. The number of anilines is 2. The third kappa shape index (κ3) is 3.14. The second kappa shape index (κ2) is 5.27. The van der Waals surface area contributed by atoms with Gasteiger partial charge >= 0.3 is 0 Å². The Morgan fingerprint density at radius 3 is 1.58 bits per heavy atom. The highest BCUT2D eigenvalue weighted by molar-refractivity contribution is 7.87. The number of nitrogen functional groups attached to an aromatic ring is 2. The molecule has 7 N–H and O–H groups in total. The maximum absolute atomic E-state index is 11.5. The predicted molar refractivity (Wildman–Crippen MR) is 82.2 cm³/mol. The van der Waals surface area contributed by atoms with E-state index in [9.17, 15) is 29.8 Å². The lowest BCUT2D eigenvalue weighted by atomic mass is 10.1. The third-order valence-electron chi connectivity index (χ3n) is 3.07. The van der Waals surface area contributed by atoms with E-state index in [4.69, 9.17) is 20.6 Å². The maximum Gasteiger partial charge on any atom is 0.296 e. The largest absolute Gasteiger partial charge is 0.396 e. The average molecular weight is 398 g/mol. The molecule has 0 unspecified atom stereocenters. The molecular formula is C10H10N2O9S3. The number of nitrogens with two attached hydrogens (primary N) is 2. The number of hydrogen-bond acceptors (Lipinski definition) is 8. The third-order valence-corrected chi connectivity index (χ3v) is 5.67. The smallest absolute Gasteiger partial charge is 0.296 e. The van der Waals surface area contributed by atoms with Crippen molar-refractivity contribution in [3.05, 3.63) is 18.2 Å². The van der Waals surface area contributed by atoms with E-state index in [2.05, 4.69) is 0 Å². The molecule has 2 aromatic carbocycles. The van der Waals surface area contributed by atoms with Crippen molar-refractivity contribution < 1.29 is 38.9 Å². The fourth-order valence-electron chi connectivity index (χ4n) is 2.06. The quantitative estimate of drug-likeness (QED) is 0.335. The Labute approximate surface area is 136 Å². The zero-order valence-corrected chi connectivity index (χ0v) is 13.9. The van der Waals surface area contributed by atoms with E-state index in [1.54, 1.807) is 0 Å². The molecule has 0 bridgehead atoms. The van der Waals surface area contributed by atoms with Crippen LogP contribution in [-0.4, -0.2) is 38.9 Å². The minimum absolute atomic E-state index is 0.419. The van der Waals surface area contributed by atoms with Crippen LogP contribution in [0.1, 0.15) is 0 Å². The second-order valence-electron chi connectivity index (χ2n) is 4.65. The lowest BCUT2D eigenvalue weighted by Gasteiger charge is -2.13. The molecule has 2 aromatic rings. The first-order valence-corrected chi connectivity index (χ1v) is 10.0. The SMILES string of the molecule is Nc1c(S(=O)(=O)O)cc2cc(S(=O)(=O)O)cc(S(=O)(=O)O)c2c1N. The molecule has 24 heavy (non-hydrogen) atoms. The lowest BCUT2D eigenvalue weighted by molar-refractivity contribution is 0.480. The van der Waals surface area contributed by atoms with Crippen LogP contribution in [0, 0.1) is 0 Å². The highest BCUT2D eigenvalue weighted by Gasteiger charge is 2.26. The molecule has 0 heterocycles. The van der Waals surface area contributed by atoms with Crippen LogP contribution in [0.15, 0.2) is 32.9 Å².